The minimum absolute atomic E-state index is 0.187. The van der Waals surface area contributed by atoms with Crippen molar-refractivity contribution < 1.29 is 19.1 Å². The number of methoxy groups -OCH3 is 1. The molecule has 3 rings (SSSR count). The molecule has 0 N–H and O–H groups in total. The second kappa shape index (κ2) is 7.89. The Morgan fingerprint density at radius 3 is 2.36 bits per heavy atom. The molecule has 0 radical (unpaired) electrons. The summed E-state index contributed by atoms with van der Waals surface area (Å²) in [5.41, 5.74) is 3.58. The molecule has 0 aliphatic heterocycles. The summed E-state index contributed by atoms with van der Waals surface area (Å²) in [6.07, 6.45) is 0. The van der Waals surface area contributed by atoms with Gasteiger partial charge in [-0.3, -0.25) is 4.99 Å². The topological polar surface area (TPSA) is 74.9 Å². The van der Waals surface area contributed by atoms with Gasteiger partial charge < -0.3 is 19.1 Å². The lowest BCUT2D eigenvalue weighted by Gasteiger charge is -2.17. The van der Waals surface area contributed by atoms with Crippen molar-refractivity contribution in [1.29, 1.82) is 0 Å². The maximum atomic E-state index is 11.6. The Bertz CT molecular complexity index is 1080. The summed E-state index contributed by atoms with van der Waals surface area (Å²) >= 11 is 0. The van der Waals surface area contributed by atoms with E-state index < -0.39 is 12.0 Å². The number of hydrogen-bond acceptors (Lipinski definition) is 5. The minimum Gasteiger partial charge on any atom is -0.548 e. The first-order valence-electron chi connectivity index (χ1n) is 9.24. The molecule has 5 heteroatoms. The van der Waals surface area contributed by atoms with E-state index in [2.05, 4.69) is 4.99 Å². The molecule has 1 atom stereocenters. The number of carbonyl (C=O) groups excluding carboxylic acids is 1. The molecule has 3 aromatic rings. The van der Waals surface area contributed by atoms with E-state index in [4.69, 9.17) is 9.15 Å². The lowest BCUT2D eigenvalue weighted by Crippen LogP contribution is -2.39. The van der Waals surface area contributed by atoms with Crippen molar-refractivity contribution in [2.24, 2.45) is 10.9 Å². The van der Waals surface area contributed by atoms with Gasteiger partial charge in [0.1, 0.15) is 17.1 Å². The average Bonchev–Trinajstić information content (AvgIpc) is 2.65. The fraction of sp³-hybridized carbons (Fsp3) is 0.304. The largest absolute Gasteiger partial charge is 0.548 e. The van der Waals surface area contributed by atoms with Crippen molar-refractivity contribution >= 4 is 16.9 Å². The van der Waals surface area contributed by atoms with E-state index in [1.54, 1.807) is 13.2 Å². The van der Waals surface area contributed by atoms with Crippen LogP contribution in [0, 0.1) is 19.8 Å². The second-order valence-electron chi connectivity index (χ2n) is 7.32. The van der Waals surface area contributed by atoms with Gasteiger partial charge in [0.2, 0.25) is 0 Å². The summed E-state index contributed by atoms with van der Waals surface area (Å²) in [6, 6.07) is 12.4. The van der Waals surface area contributed by atoms with Crippen molar-refractivity contribution in [3.8, 4) is 17.1 Å². The molecule has 0 spiro atoms. The second-order valence-corrected chi connectivity index (χ2v) is 7.32. The van der Waals surface area contributed by atoms with Crippen molar-refractivity contribution in [3.63, 3.8) is 0 Å². The molecule has 0 amide bonds. The van der Waals surface area contributed by atoms with Gasteiger partial charge in [0.05, 0.1) is 24.5 Å². The molecule has 0 unspecified atom stereocenters. The maximum absolute atomic E-state index is 11.6. The minimum atomic E-state index is -1.18. The van der Waals surface area contributed by atoms with Crippen LogP contribution >= 0.6 is 0 Å². The molecule has 2 aromatic carbocycles. The van der Waals surface area contributed by atoms with Crippen LogP contribution in [0.25, 0.3) is 22.3 Å². The highest BCUT2D eigenvalue weighted by atomic mass is 16.5. The Labute approximate surface area is 164 Å². The lowest BCUT2D eigenvalue weighted by atomic mass is 10.0. The standard InChI is InChI=1S/C23H25NO4/c1-13(2)21(23(25)26)24-19-12-20(16-6-8-17(27-5)9-7-16)28-22-15(4)10-14(3)11-18(19)22/h6-13,21H,1-5H3,(H,25,26)/p-1/t21-/m1/s1. The van der Waals surface area contributed by atoms with E-state index in [9.17, 15) is 9.90 Å². The van der Waals surface area contributed by atoms with Crippen molar-refractivity contribution in [1.82, 2.24) is 0 Å². The van der Waals surface area contributed by atoms with Gasteiger partial charge in [-0.05, 0) is 61.2 Å². The molecule has 28 heavy (non-hydrogen) atoms. The summed E-state index contributed by atoms with van der Waals surface area (Å²) in [6.45, 7) is 7.60. The average molecular weight is 378 g/mol. The predicted octanol–water partition coefficient (Wildman–Crippen LogP) is 3.40. The van der Waals surface area contributed by atoms with E-state index in [1.165, 1.54) is 0 Å². The number of ether oxygens (including phenoxy) is 1. The monoisotopic (exact) mass is 378 g/mol. The first-order valence-corrected chi connectivity index (χ1v) is 9.24. The molecule has 1 heterocycles. The van der Waals surface area contributed by atoms with E-state index in [0.717, 1.165) is 27.8 Å². The van der Waals surface area contributed by atoms with E-state index in [1.807, 2.05) is 64.1 Å². The third kappa shape index (κ3) is 3.93. The number of rotatable bonds is 5. The molecular formula is C23H24NO4-. The summed E-state index contributed by atoms with van der Waals surface area (Å²) in [5, 5.41) is 13.0. The molecule has 0 saturated carbocycles. The van der Waals surface area contributed by atoms with Gasteiger partial charge in [0.25, 0.3) is 0 Å². The molecule has 0 aliphatic carbocycles. The molecule has 0 saturated heterocycles. The Morgan fingerprint density at radius 2 is 1.79 bits per heavy atom. The highest BCUT2D eigenvalue weighted by Gasteiger charge is 2.15. The zero-order valence-corrected chi connectivity index (χ0v) is 16.8. The van der Waals surface area contributed by atoms with Gasteiger partial charge in [-0.1, -0.05) is 19.9 Å². The third-order valence-corrected chi connectivity index (χ3v) is 4.70. The molecule has 146 valence electrons. The van der Waals surface area contributed by atoms with E-state index >= 15 is 0 Å². The van der Waals surface area contributed by atoms with Gasteiger partial charge in [-0.25, -0.2) is 0 Å². The van der Waals surface area contributed by atoms with Crippen LogP contribution in [-0.4, -0.2) is 19.1 Å². The molecule has 1 aromatic heterocycles. The van der Waals surface area contributed by atoms with Gasteiger partial charge in [0, 0.05) is 17.0 Å². The summed E-state index contributed by atoms with van der Waals surface area (Å²) in [7, 11) is 1.62. The smallest absolute Gasteiger partial charge is 0.139 e. The third-order valence-electron chi connectivity index (χ3n) is 4.70. The number of carboxylic acid groups (broad SMARTS) is 1. The molecule has 0 fully saturated rings. The van der Waals surface area contributed by atoms with Crippen LogP contribution in [0.5, 0.6) is 5.75 Å². The predicted molar refractivity (Wildman–Crippen MR) is 107 cm³/mol. The van der Waals surface area contributed by atoms with Gasteiger partial charge in [-0.2, -0.15) is 0 Å². The van der Waals surface area contributed by atoms with Crippen LogP contribution in [-0.2, 0) is 4.79 Å². The van der Waals surface area contributed by atoms with Crippen LogP contribution in [0.1, 0.15) is 25.0 Å². The summed E-state index contributed by atoms with van der Waals surface area (Å²) < 4.78 is 11.4. The quantitative estimate of drug-likeness (QED) is 0.682. The molecule has 0 bridgehead atoms. The Hall–Kier alpha value is -3.08. The Balaban J connectivity index is 2.32. The normalized spacial score (nSPS) is 13.1. The highest BCUT2D eigenvalue weighted by Crippen LogP contribution is 2.26. The van der Waals surface area contributed by atoms with Crippen LogP contribution < -0.4 is 15.2 Å². The number of hydrogen-bond donors (Lipinski definition) is 0. The zero-order chi connectivity index (χ0) is 20.4. The fourth-order valence-corrected chi connectivity index (χ4v) is 3.25. The van der Waals surface area contributed by atoms with Gasteiger partial charge >= 0.3 is 0 Å². The van der Waals surface area contributed by atoms with Crippen LogP contribution in [0.2, 0.25) is 0 Å². The first kappa shape index (κ1) is 19.7. The zero-order valence-electron chi connectivity index (χ0n) is 16.8. The highest BCUT2D eigenvalue weighted by molar-refractivity contribution is 5.82. The number of fused-ring (bicyclic) bond motifs is 1. The van der Waals surface area contributed by atoms with Crippen LogP contribution in [0.3, 0.4) is 0 Å². The van der Waals surface area contributed by atoms with E-state index in [-0.39, 0.29) is 5.92 Å². The lowest BCUT2D eigenvalue weighted by molar-refractivity contribution is -0.308. The Morgan fingerprint density at radius 1 is 1.11 bits per heavy atom. The van der Waals surface area contributed by atoms with Gasteiger partial charge in [0.15, 0.2) is 0 Å². The SMILES string of the molecule is COc1ccc(-c2cc(=N[C@@H](C(=O)[O-])C(C)C)c3cc(C)cc(C)c3o2)cc1. The van der Waals surface area contributed by atoms with Crippen LogP contribution in [0.15, 0.2) is 51.9 Å². The fourth-order valence-electron chi connectivity index (χ4n) is 3.25. The number of aryl methyl sites for hydroxylation is 2. The van der Waals surface area contributed by atoms with Crippen LogP contribution in [0.4, 0.5) is 0 Å². The van der Waals surface area contributed by atoms with E-state index in [0.29, 0.717) is 16.7 Å². The number of carboxylic acids is 1. The summed E-state index contributed by atoms with van der Waals surface area (Å²) in [5.74, 6) is -0.00774. The molecular weight excluding hydrogens is 354 g/mol. The van der Waals surface area contributed by atoms with Crippen molar-refractivity contribution in [3.05, 3.63) is 58.9 Å². The number of carbonyl (C=O) groups is 1. The maximum Gasteiger partial charge on any atom is 0.139 e. The Kier molecular flexibility index (Phi) is 5.54. The first-order chi connectivity index (χ1) is 13.3. The van der Waals surface area contributed by atoms with Crippen molar-refractivity contribution in [2.75, 3.05) is 7.11 Å². The number of benzene rings is 2. The molecule has 0 aliphatic rings. The number of nitrogens with zero attached hydrogens (tertiary/aromatic N) is 1. The molecule has 5 nitrogen and oxygen atoms in total. The van der Waals surface area contributed by atoms with Crippen molar-refractivity contribution in [2.45, 2.75) is 33.7 Å². The number of aliphatic carboxylic acids is 1. The summed E-state index contributed by atoms with van der Waals surface area (Å²) in [4.78, 5) is 16.1. The van der Waals surface area contributed by atoms with Gasteiger partial charge in [-0.15, -0.1) is 0 Å².